The summed E-state index contributed by atoms with van der Waals surface area (Å²) in [5.41, 5.74) is 1.13. The molecule has 33 heavy (non-hydrogen) atoms. The number of anilines is 1. The van der Waals surface area contributed by atoms with Crippen LogP contribution in [0.4, 0.5) is 19.1 Å². The van der Waals surface area contributed by atoms with Gasteiger partial charge in [-0.05, 0) is 31.9 Å². The fourth-order valence-corrected chi connectivity index (χ4v) is 4.66. The Balaban J connectivity index is 1.55. The molecule has 1 aliphatic carbocycles. The molecule has 11 heteroatoms. The van der Waals surface area contributed by atoms with Gasteiger partial charge in [-0.25, -0.2) is 28.1 Å². The van der Waals surface area contributed by atoms with Crippen LogP contribution in [0.25, 0.3) is 22.3 Å². The minimum Gasteiger partial charge on any atom is -0.389 e. The summed E-state index contributed by atoms with van der Waals surface area (Å²) in [5.74, 6) is -4.05. The van der Waals surface area contributed by atoms with Crippen molar-refractivity contribution in [1.82, 2.24) is 19.5 Å². The van der Waals surface area contributed by atoms with Gasteiger partial charge in [0.2, 0.25) is 5.95 Å². The van der Waals surface area contributed by atoms with E-state index in [2.05, 4.69) is 20.3 Å². The molecule has 2 N–H and O–H groups in total. The monoisotopic (exact) mass is 481 g/mol. The van der Waals surface area contributed by atoms with Gasteiger partial charge in [-0.15, -0.1) is 0 Å². The summed E-state index contributed by atoms with van der Waals surface area (Å²) in [6.45, 7) is 2.89. The largest absolute Gasteiger partial charge is 0.389 e. The number of alkyl halides is 2. The quantitative estimate of drug-likeness (QED) is 0.562. The van der Waals surface area contributed by atoms with Crippen molar-refractivity contribution < 1.29 is 23.0 Å². The molecule has 2 aromatic heterocycles. The Hall–Kier alpha value is -2.43. The molecule has 0 radical (unpaired) electrons. The van der Waals surface area contributed by atoms with Crippen molar-refractivity contribution in [3.63, 3.8) is 0 Å². The molecule has 5 rings (SSSR count). The third kappa shape index (κ3) is 3.94. The maximum atomic E-state index is 15.1. The van der Waals surface area contributed by atoms with Gasteiger partial charge < -0.3 is 19.7 Å². The highest BCUT2D eigenvalue weighted by Crippen LogP contribution is 2.50. The molecule has 0 spiro atoms. The molecular formula is C22H23ClF3N5O2. The number of ether oxygens (including phenoxy) is 1. The Morgan fingerprint density at radius 3 is 2.79 bits per heavy atom. The van der Waals surface area contributed by atoms with Crippen LogP contribution in [0.5, 0.6) is 0 Å². The third-order valence-corrected chi connectivity index (χ3v) is 6.68. The van der Waals surface area contributed by atoms with E-state index in [-0.39, 0.29) is 47.1 Å². The van der Waals surface area contributed by atoms with Crippen LogP contribution >= 0.6 is 11.6 Å². The number of fused-ring (bicyclic) bond motifs is 1. The van der Waals surface area contributed by atoms with Crippen molar-refractivity contribution in [1.29, 1.82) is 0 Å². The topological polar surface area (TPSA) is 85.1 Å². The lowest BCUT2D eigenvalue weighted by molar-refractivity contribution is -0.0997. The molecule has 3 heterocycles. The summed E-state index contributed by atoms with van der Waals surface area (Å²) in [6, 6.07) is 2.62. The minimum atomic E-state index is -2.83. The van der Waals surface area contributed by atoms with Crippen LogP contribution in [0.2, 0.25) is 5.02 Å². The van der Waals surface area contributed by atoms with Gasteiger partial charge in [0.05, 0.1) is 47.1 Å². The van der Waals surface area contributed by atoms with Crippen molar-refractivity contribution in [2.75, 3.05) is 18.5 Å². The minimum absolute atomic E-state index is 0.0483. The molecule has 0 amide bonds. The van der Waals surface area contributed by atoms with E-state index in [1.54, 1.807) is 10.6 Å². The summed E-state index contributed by atoms with van der Waals surface area (Å²) in [4.78, 5) is 12.9. The number of hydrogen-bond donors (Lipinski definition) is 2. The molecule has 1 saturated heterocycles. The molecule has 3 aromatic rings. The lowest BCUT2D eigenvalue weighted by atomic mass is 9.80. The highest BCUT2D eigenvalue weighted by molar-refractivity contribution is 6.33. The molecule has 1 aromatic carbocycles. The highest BCUT2D eigenvalue weighted by Gasteiger charge is 2.51. The van der Waals surface area contributed by atoms with E-state index < -0.39 is 23.8 Å². The van der Waals surface area contributed by atoms with Gasteiger partial charge in [-0.2, -0.15) is 0 Å². The first-order valence-electron chi connectivity index (χ1n) is 10.9. The van der Waals surface area contributed by atoms with Crippen molar-refractivity contribution in [2.45, 2.75) is 56.7 Å². The maximum absolute atomic E-state index is 15.1. The second-order valence-electron chi connectivity index (χ2n) is 8.46. The number of aliphatic hydroxyl groups excluding tert-OH is 1. The van der Waals surface area contributed by atoms with Gasteiger partial charge in [-0.1, -0.05) is 11.6 Å². The molecule has 7 nitrogen and oxygen atoms in total. The van der Waals surface area contributed by atoms with E-state index in [0.29, 0.717) is 37.1 Å². The number of aryl methyl sites for hydroxylation is 1. The highest BCUT2D eigenvalue weighted by atomic mass is 35.5. The van der Waals surface area contributed by atoms with E-state index in [1.165, 1.54) is 12.3 Å². The van der Waals surface area contributed by atoms with Crippen molar-refractivity contribution in [3.8, 4) is 11.3 Å². The molecule has 0 bridgehead atoms. The number of imidazole rings is 1. The van der Waals surface area contributed by atoms with Crippen LogP contribution in [-0.2, 0) is 11.3 Å². The molecule has 1 saturated carbocycles. The molecule has 2 aliphatic rings. The van der Waals surface area contributed by atoms with E-state index in [9.17, 15) is 13.9 Å². The fraction of sp³-hybridized carbons (Fsp3) is 0.500. The van der Waals surface area contributed by atoms with Gasteiger partial charge in [0, 0.05) is 25.1 Å². The molecular weight excluding hydrogens is 459 g/mol. The summed E-state index contributed by atoms with van der Waals surface area (Å²) >= 11 is 6.34. The summed E-state index contributed by atoms with van der Waals surface area (Å²) < 4.78 is 50.1. The van der Waals surface area contributed by atoms with E-state index in [4.69, 9.17) is 16.3 Å². The van der Waals surface area contributed by atoms with E-state index in [0.717, 1.165) is 0 Å². The van der Waals surface area contributed by atoms with Crippen molar-refractivity contribution >= 4 is 28.6 Å². The number of rotatable bonds is 5. The van der Waals surface area contributed by atoms with Crippen molar-refractivity contribution in [3.05, 3.63) is 35.0 Å². The molecule has 3 atom stereocenters. The number of hydrogen-bond acceptors (Lipinski definition) is 6. The Bertz CT molecular complexity index is 1200. The Morgan fingerprint density at radius 1 is 1.30 bits per heavy atom. The van der Waals surface area contributed by atoms with Crippen LogP contribution in [0.15, 0.2) is 18.3 Å². The second kappa shape index (κ2) is 8.41. The second-order valence-corrected chi connectivity index (χ2v) is 8.87. The van der Waals surface area contributed by atoms with Crippen LogP contribution in [0.3, 0.4) is 0 Å². The standard InChI is InChI=1S/C22H23ClF3N5O2/c1-2-31-16-8-11(7-14(24)19(16)29-20(31)12-3-5-22(12,25)26)18-13(23)9-27-21(30-18)28-15-4-6-33-10-17(15)32/h7-9,12,15,17,32H,2-6,10H2,1H3,(H,27,28,30)/t12?,15-,17-/m1/s1. The number of nitrogens with zero attached hydrogens (tertiary/aromatic N) is 4. The summed E-state index contributed by atoms with van der Waals surface area (Å²) in [7, 11) is 0. The fourth-order valence-electron chi connectivity index (χ4n) is 4.46. The normalized spacial score (nSPS) is 24.6. The molecule has 176 valence electrons. The predicted octanol–water partition coefficient (Wildman–Crippen LogP) is 4.38. The summed E-state index contributed by atoms with van der Waals surface area (Å²) in [5, 5.41) is 13.4. The van der Waals surface area contributed by atoms with Crippen LogP contribution in [0, 0.1) is 5.82 Å². The SMILES string of the molecule is CCn1c(C2CCC2(F)F)nc2c(F)cc(-c3nc(N[C@@H]4CCOC[C@H]4O)ncc3Cl)cc21. The van der Waals surface area contributed by atoms with Crippen molar-refractivity contribution in [2.24, 2.45) is 0 Å². The zero-order chi connectivity index (χ0) is 23.3. The first-order chi connectivity index (χ1) is 15.8. The lowest BCUT2D eigenvalue weighted by Crippen LogP contribution is -2.42. The first kappa shape index (κ1) is 22.4. The van der Waals surface area contributed by atoms with Crippen LogP contribution in [-0.4, -0.2) is 55.9 Å². The average Bonchev–Trinajstić information content (AvgIpc) is 3.14. The average molecular weight is 482 g/mol. The smallest absolute Gasteiger partial charge is 0.257 e. The third-order valence-electron chi connectivity index (χ3n) is 6.40. The molecule has 2 fully saturated rings. The van der Waals surface area contributed by atoms with Gasteiger partial charge in [0.15, 0.2) is 5.82 Å². The Labute approximate surface area is 193 Å². The number of nitrogens with one attached hydrogen (secondary N) is 1. The van der Waals surface area contributed by atoms with Gasteiger partial charge >= 0.3 is 0 Å². The van der Waals surface area contributed by atoms with Gasteiger partial charge in [0.1, 0.15) is 11.3 Å². The Morgan fingerprint density at radius 2 is 2.12 bits per heavy atom. The maximum Gasteiger partial charge on any atom is 0.257 e. The van der Waals surface area contributed by atoms with Crippen LogP contribution < -0.4 is 5.32 Å². The zero-order valence-corrected chi connectivity index (χ0v) is 18.6. The zero-order valence-electron chi connectivity index (χ0n) is 17.9. The van der Waals surface area contributed by atoms with E-state index in [1.807, 2.05) is 6.92 Å². The molecule has 1 aliphatic heterocycles. The number of aromatic nitrogens is 4. The predicted molar refractivity (Wildman–Crippen MR) is 117 cm³/mol. The number of aliphatic hydroxyl groups is 1. The van der Waals surface area contributed by atoms with Crippen LogP contribution in [0.1, 0.15) is 37.9 Å². The number of benzene rings is 1. The first-order valence-corrected chi connectivity index (χ1v) is 11.3. The molecule has 1 unspecified atom stereocenters. The lowest BCUT2D eigenvalue weighted by Gasteiger charge is -2.35. The Kier molecular flexibility index (Phi) is 5.70. The van der Waals surface area contributed by atoms with Gasteiger partial charge in [0.25, 0.3) is 5.92 Å². The summed E-state index contributed by atoms with van der Waals surface area (Å²) in [6.07, 6.45) is 1.39. The van der Waals surface area contributed by atoms with Gasteiger partial charge in [-0.3, -0.25) is 0 Å². The number of halogens is 4. The van der Waals surface area contributed by atoms with E-state index >= 15 is 4.39 Å².